The molecule has 17 heavy (non-hydrogen) atoms. The van der Waals surface area contributed by atoms with Crippen molar-refractivity contribution in [2.45, 2.75) is 19.4 Å². The van der Waals surface area contributed by atoms with Gasteiger partial charge in [-0.2, -0.15) is 0 Å². The van der Waals surface area contributed by atoms with Crippen molar-refractivity contribution in [3.05, 3.63) is 24.3 Å². The van der Waals surface area contributed by atoms with E-state index in [2.05, 4.69) is 10.6 Å². The van der Waals surface area contributed by atoms with Gasteiger partial charge in [-0.1, -0.05) is 0 Å². The molecular weight excluding hydrogens is 240 g/mol. The maximum atomic E-state index is 10.8. The average Bonchev–Trinajstić information content (AvgIpc) is 2.73. The molecule has 1 fully saturated rings. The summed E-state index contributed by atoms with van der Waals surface area (Å²) < 4.78 is 5.76. The van der Waals surface area contributed by atoms with E-state index in [0.717, 1.165) is 30.9 Å². The Bertz CT molecular complexity index is 361. The molecule has 2 N–H and O–H groups in total. The van der Waals surface area contributed by atoms with Crippen molar-refractivity contribution < 1.29 is 9.53 Å². The van der Waals surface area contributed by atoms with E-state index >= 15 is 0 Å². The molecule has 5 heteroatoms. The normalized spacial score (nSPS) is 18.3. The van der Waals surface area contributed by atoms with E-state index in [4.69, 9.17) is 4.74 Å². The summed E-state index contributed by atoms with van der Waals surface area (Å²) in [6.07, 6.45) is 1.32. The second-order valence-electron chi connectivity index (χ2n) is 3.94. The van der Waals surface area contributed by atoms with Crippen molar-refractivity contribution in [2.75, 3.05) is 18.4 Å². The third-order valence-corrected chi connectivity index (χ3v) is 2.49. The molecule has 1 amide bonds. The molecule has 0 saturated carbocycles. The predicted octanol–water partition coefficient (Wildman–Crippen LogP) is 1.81. The van der Waals surface area contributed by atoms with Crippen LogP contribution in [-0.4, -0.2) is 25.1 Å². The van der Waals surface area contributed by atoms with Crippen LogP contribution in [0.1, 0.15) is 13.3 Å². The molecule has 1 aromatic carbocycles. The van der Waals surface area contributed by atoms with Crippen LogP contribution in [0.3, 0.4) is 0 Å². The second-order valence-corrected chi connectivity index (χ2v) is 3.94. The van der Waals surface area contributed by atoms with Crippen LogP contribution in [0.15, 0.2) is 24.3 Å². The number of halogens is 1. The van der Waals surface area contributed by atoms with Crippen LogP contribution in [0.25, 0.3) is 0 Å². The van der Waals surface area contributed by atoms with E-state index in [0.29, 0.717) is 0 Å². The first kappa shape index (κ1) is 13.8. The maximum absolute atomic E-state index is 10.8. The number of ether oxygens (including phenoxy) is 1. The molecule has 2 rings (SSSR count). The lowest BCUT2D eigenvalue weighted by Crippen LogP contribution is -2.19. The molecule has 1 aromatic rings. The number of benzene rings is 1. The van der Waals surface area contributed by atoms with Gasteiger partial charge in [-0.3, -0.25) is 4.79 Å². The minimum absolute atomic E-state index is 0. The fourth-order valence-electron chi connectivity index (χ4n) is 1.74. The minimum atomic E-state index is -0.0614. The summed E-state index contributed by atoms with van der Waals surface area (Å²) in [6.45, 7) is 3.43. The van der Waals surface area contributed by atoms with Gasteiger partial charge < -0.3 is 15.4 Å². The molecule has 1 atom stereocenters. The van der Waals surface area contributed by atoms with Gasteiger partial charge in [0, 0.05) is 19.2 Å². The summed E-state index contributed by atoms with van der Waals surface area (Å²) in [4.78, 5) is 10.8. The van der Waals surface area contributed by atoms with E-state index in [1.807, 2.05) is 24.3 Å². The molecule has 0 bridgehead atoms. The summed E-state index contributed by atoms with van der Waals surface area (Å²) in [6, 6.07) is 7.45. The summed E-state index contributed by atoms with van der Waals surface area (Å²) in [5.41, 5.74) is 0.796. The SMILES string of the molecule is CC(=O)Nc1ccc(OC2CCNC2)cc1.Cl. The van der Waals surface area contributed by atoms with Gasteiger partial charge in [-0.15, -0.1) is 12.4 Å². The van der Waals surface area contributed by atoms with Crippen LogP contribution in [0.5, 0.6) is 5.75 Å². The first-order valence-electron chi connectivity index (χ1n) is 5.49. The lowest BCUT2D eigenvalue weighted by Gasteiger charge is -2.12. The largest absolute Gasteiger partial charge is 0.489 e. The summed E-state index contributed by atoms with van der Waals surface area (Å²) in [5, 5.41) is 5.97. The number of amides is 1. The standard InChI is InChI=1S/C12H16N2O2.ClH/c1-9(15)14-10-2-4-11(5-3-10)16-12-6-7-13-8-12;/h2-5,12-13H,6-8H2,1H3,(H,14,15);1H. The number of rotatable bonds is 3. The highest BCUT2D eigenvalue weighted by molar-refractivity contribution is 5.88. The third kappa shape index (κ3) is 4.24. The highest BCUT2D eigenvalue weighted by Crippen LogP contribution is 2.18. The predicted molar refractivity (Wildman–Crippen MR) is 69.9 cm³/mol. The molecule has 0 radical (unpaired) electrons. The van der Waals surface area contributed by atoms with Crippen molar-refractivity contribution in [2.24, 2.45) is 0 Å². The topological polar surface area (TPSA) is 50.4 Å². The van der Waals surface area contributed by atoms with E-state index in [1.165, 1.54) is 6.92 Å². The van der Waals surface area contributed by atoms with Crippen LogP contribution in [0.2, 0.25) is 0 Å². The number of carbonyl (C=O) groups is 1. The van der Waals surface area contributed by atoms with Crippen molar-refractivity contribution in [3.63, 3.8) is 0 Å². The van der Waals surface area contributed by atoms with Gasteiger partial charge in [0.05, 0.1) is 0 Å². The van der Waals surface area contributed by atoms with Crippen molar-refractivity contribution in [3.8, 4) is 5.75 Å². The molecule has 1 aliphatic heterocycles. The van der Waals surface area contributed by atoms with E-state index < -0.39 is 0 Å². The molecule has 1 unspecified atom stereocenters. The van der Waals surface area contributed by atoms with Gasteiger partial charge >= 0.3 is 0 Å². The minimum Gasteiger partial charge on any atom is -0.489 e. The Morgan fingerprint density at radius 1 is 1.41 bits per heavy atom. The number of nitrogens with one attached hydrogen (secondary N) is 2. The van der Waals surface area contributed by atoms with Crippen LogP contribution in [-0.2, 0) is 4.79 Å². The molecule has 94 valence electrons. The quantitative estimate of drug-likeness (QED) is 0.867. The first-order chi connectivity index (χ1) is 7.74. The van der Waals surface area contributed by atoms with Crippen molar-refractivity contribution >= 4 is 24.0 Å². The van der Waals surface area contributed by atoms with Crippen molar-refractivity contribution in [1.82, 2.24) is 5.32 Å². The Hall–Kier alpha value is -1.26. The monoisotopic (exact) mass is 256 g/mol. The van der Waals surface area contributed by atoms with Gasteiger partial charge in [-0.25, -0.2) is 0 Å². The van der Waals surface area contributed by atoms with Gasteiger partial charge in [0.2, 0.25) is 5.91 Å². The highest BCUT2D eigenvalue weighted by atomic mass is 35.5. The lowest BCUT2D eigenvalue weighted by atomic mass is 10.3. The van der Waals surface area contributed by atoms with Gasteiger partial charge in [-0.05, 0) is 37.2 Å². The molecule has 0 aliphatic carbocycles. The summed E-state index contributed by atoms with van der Waals surface area (Å²) in [5.74, 6) is 0.788. The van der Waals surface area contributed by atoms with E-state index in [-0.39, 0.29) is 24.4 Å². The number of hydrogen-bond acceptors (Lipinski definition) is 3. The van der Waals surface area contributed by atoms with Gasteiger partial charge in [0.1, 0.15) is 11.9 Å². The van der Waals surface area contributed by atoms with Gasteiger partial charge in [0.15, 0.2) is 0 Å². The number of hydrogen-bond donors (Lipinski definition) is 2. The van der Waals surface area contributed by atoms with Crippen LogP contribution in [0.4, 0.5) is 5.69 Å². The third-order valence-electron chi connectivity index (χ3n) is 2.49. The average molecular weight is 257 g/mol. The molecule has 4 nitrogen and oxygen atoms in total. The molecule has 1 heterocycles. The Labute approximate surface area is 107 Å². The number of anilines is 1. The molecule has 0 aromatic heterocycles. The van der Waals surface area contributed by atoms with Crippen LogP contribution >= 0.6 is 12.4 Å². The zero-order valence-corrected chi connectivity index (χ0v) is 10.5. The summed E-state index contributed by atoms with van der Waals surface area (Å²) in [7, 11) is 0. The molecule has 1 aliphatic rings. The smallest absolute Gasteiger partial charge is 0.221 e. The zero-order valence-electron chi connectivity index (χ0n) is 9.73. The second kappa shape index (κ2) is 6.47. The van der Waals surface area contributed by atoms with Gasteiger partial charge in [0.25, 0.3) is 0 Å². The molecular formula is C12H17ClN2O2. The number of carbonyl (C=O) groups excluding carboxylic acids is 1. The van der Waals surface area contributed by atoms with E-state index in [1.54, 1.807) is 0 Å². The zero-order chi connectivity index (χ0) is 11.4. The lowest BCUT2D eigenvalue weighted by molar-refractivity contribution is -0.114. The Morgan fingerprint density at radius 3 is 2.65 bits per heavy atom. The first-order valence-corrected chi connectivity index (χ1v) is 5.49. The Morgan fingerprint density at radius 2 is 2.12 bits per heavy atom. The molecule has 0 spiro atoms. The van der Waals surface area contributed by atoms with Crippen molar-refractivity contribution in [1.29, 1.82) is 0 Å². The maximum Gasteiger partial charge on any atom is 0.221 e. The fourth-order valence-corrected chi connectivity index (χ4v) is 1.74. The fraction of sp³-hybridized carbons (Fsp3) is 0.417. The summed E-state index contributed by atoms with van der Waals surface area (Å²) >= 11 is 0. The highest BCUT2D eigenvalue weighted by Gasteiger charge is 2.15. The molecule has 1 saturated heterocycles. The van der Waals surface area contributed by atoms with Crippen LogP contribution in [0, 0.1) is 0 Å². The Balaban J connectivity index is 0.00000144. The van der Waals surface area contributed by atoms with Crippen LogP contribution < -0.4 is 15.4 Å². The van der Waals surface area contributed by atoms with E-state index in [9.17, 15) is 4.79 Å². The Kier molecular flexibility index (Phi) is 5.25.